The van der Waals surface area contributed by atoms with Crippen LogP contribution in [0.25, 0.3) is 0 Å². The third-order valence-corrected chi connectivity index (χ3v) is 8.91. The number of rotatable bonds is 7. The molecule has 0 radical (unpaired) electrons. The van der Waals surface area contributed by atoms with Gasteiger partial charge >= 0.3 is 6.18 Å². The second-order valence-electron chi connectivity index (χ2n) is 9.79. The van der Waals surface area contributed by atoms with Gasteiger partial charge in [-0.05, 0) is 75.9 Å². The smallest absolute Gasteiger partial charge is 0.380 e. The minimum atomic E-state index is -4.25. The van der Waals surface area contributed by atoms with E-state index in [0.717, 1.165) is 19.3 Å². The van der Waals surface area contributed by atoms with Crippen molar-refractivity contribution in [3.63, 3.8) is 0 Å². The zero-order valence-electron chi connectivity index (χ0n) is 19.7. The Morgan fingerprint density at radius 1 is 1.14 bits per heavy atom. The number of likely N-dealkylation sites (N-methyl/N-ethyl adjacent to an activating group) is 1. The lowest BCUT2D eigenvalue weighted by Crippen LogP contribution is -2.50. The van der Waals surface area contributed by atoms with E-state index in [2.05, 4.69) is 15.3 Å². The molecule has 1 aromatic carbocycles. The van der Waals surface area contributed by atoms with Crippen molar-refractivity contribution >= 4 is 15.5 Å². The number of hydrogen-bond acceptors (Lipinski definition) is 6. The molecule has 0 aliphatic heterocycles. The highest BCUT2D eigenvalue weighted by atomic mass is 32.2. The number of benzene rings is 1. The molecule has 0 unspecified atom stereocenters. The summed E-state index contributed by atoms with van der Waals surface area (Å²) in [6, 6.07) is 3.36. The third-order valence-electron chi connectivity index (χ3n) is 7.25. The maximum absolute atomic E-state index is 15.2. The Morgan fingerprint density at radius 3 is 2.46 bits per heavy atom. The molecule has 0 spiro atoms. The van der Waals surface area contributed by atoms with Gasteiger partial charge in [0.2, 0.25) is 0 Å². The van der Waals surface area contributed by atoms with Crippen molar-refractivity contribution in [2.45, 2.75) is 73.4 Å². The average molecular weight is 515 g/mol. The number of nitrogens with one attached hydrogen (secondary N) is 1. The Morgan fingerprint density at radius 2 is 1.89 bits per heavy atom. The molecule has 2 fully saturated rings. The largest absolute Gasteiger partial charge is 0.391 e. The summed E-state index contributed by atoms with van der Waals surface area (Å²) in [6.07, 6.45) is 1.35. The van der Waals surface area contributed by atoms with Gasteiger partial charge in [0, 0.05) is 24.0 Å². The quantitative estimate of drug-likeness (QED) is 0.528. The molecule has 6 nitrogen and oxygen atoms in total. The van der Waals surface area contributed by atoms with Gasteiger partial charge in [0.25, 0.3) is 0 Å². The van der Waals surface area contributed by atoms with Gasteiger partial charge in [-0.2, -0.15) is 13.2 Å². The van der Waals surface area contributed by atoms with Crippen LogP contribution in [0.1, 0.15) is 55.7 Å². The minimum absolute atomic E-state index is 0.00184. The Bertz CT molecular complexity index is 1140. The van der Waals surface area contributed by atoms with E-state index in [1.807, 2.05) is 0 Å². The van der Waals surface area contributed by atoms with Crippen molar-refractivity contribution in [1.29, 1.82) is 0 Å². The fraction of sp³-hybridized carbons (Fsp3) is 0.583. The third kappa shape index (κ3) is 5.77. The van der Waals surface area contributed by atoms with Crippen LogP contribution in [0.5, 0.6) is 0 Å². The van der Waals surface area contributed by atoms with Gasteiger partial charge in [0.05, 0.1) is 17.4 Å². The molecule has 1 N–H and O–H groups in total. The molecular weight excluding hydrogens is 484 g/mol. The molecule has 1 heterocycles. The topological polar surface area (TPSA) is 75.2 Å². The Labute approximate surface area is 203 Å². The van der Waals surface area contributed by atoms with Gasteiger partial charge in [-0.25, -0.2) is 22.8 Å². The van der Waals surface area contributed by atoms with Crippen molar-refractivity contribution in [2.75, 3.05) is 19.4 Å². The standard InChI is InChI=1S/C24H30F4N4O2S/c1-32(2)22-10-16(24(26,27)28)6-7-20(22)31-21-12-19(25)23(11-18(21)15-4-3-5-15)35(33,34)13-17-8-9-29-14-30-17/h8-9,11-12,14-16,20,22,31H,3-7,10,13H2,1-2H3/t16-,20-,22-/m0/s1. The first-order chi connectivity index (χ1) is 16.5. The van der Waals surface area contributed by atoms with Gasteiger partial charge in [-0.1, -0.05) is 6.42 Å². The van der Waals surface area contributed by atoms with Crippen molar-refractivity contribution in [3.05, 3.63) is 47.8 Å². The van der Waals surface area contributed by atoms with Gasteiger partial charge in [0.15, 0.2) is 9.84 Å². The summed E-state index contributed by atoms with van der Waals surface area (Å²) in [6.45, 7) is 0. The molecule has 35 heavy (non-hydrogen) atoms. The molecule has 2 aromatic rings. The lowest BCUT2D eigenvalue weighted by atomic mass is 9.78. The molecule has 2 aliphatic carbocycles. The number of halogens is 4. The van der Waals surface area contributed by atoms with Gasteiger partial charge < -0.3 is 10.2 Å². The summed E-state index contributed by atoms with van der Waals surface area (Å²) in [5, 5.41) is 3.31. The van der Waals surface area contributed by atoms with Crippen LogP contribution in [0.3, 0.4) is 0 Å². The summed E-state index contributed by atoms with van der Waals surface area (Å²) < 4.78 is 81.4. The number of nitrogens with zero attached hydrogens (tertiary/aromatic N) is 3. The highest BCUT2D eigenvalue weighted by molar-refractivity contribution is 7.90. The Balaban J connectivity index is 1.64. The normalized spacial score (nSPS) is 23.8. The lowest BCUT2D eigenvalue weighted by molar-refractivity contribution is -0.186. The van der Waals surface area contributed by atoms with Crippen LogP contribution >= 0.6 is 0 Å². The van der Waals surface area contributed by atoms with E-state index < -0.39 is 39.5 Å². The second kappa shape index (κ2) is 10.0. The van der Waals surface area contributed by atoms with E-state index in [-0.39, 0.29) is 41.8 Å². The molecule has 11 heteroatoms. The van der Waals surface area contributed by atoms with Crippen LogP contribution in [0.15, 0.2) is 35.6 Å². The summed E-state index contributed by atoms with van der Waals surface area (Å²) >= 11 is 0. The first-order valence-electron chi connectivity index (χ1n) is 11.8. The lowest BCUT2D eigenvalue weighted by Gasteiger charge is -2.41. The predicted octanol–water partition coefficient (Wildman–Crippen LogP) is 4.93. The van der Waals surface area contributed by atoms with E-state index in [4.69, 9.17) is 0 Å². The zero-order chi connectivity index (χ0) is 25.4. The monoisotopic (exact) mass is 514 g/mol. The highest BCUT2D eigenvalue weighted by Gasteiger charge is 2.45. The molecule has 0 amide bonds. The van der Waals surface area contributed by atoms with Crippen molar-refractivity contribution in [1.82, 2.24) is 14.9 Å². The minimum Gasteiger partial charge on any atom is -0.380 e. The predicted molar refractivity (Wildman–Crippen MR) is 124 cm³/mol. The fourth-order valence-electron chi connectivity index (χ4n) is 5.05. The van der Waals surface area contributed by atoms with Crippen LogP contribution in [0, 0.1) is 11.7 Å². The molecule has 192 valence electrons. The summed E-state index contributed by atoms with van der Waals surface area (Å²) in [5.41, 5.74) is 1.44. The van der Waals surface area contributed by atoms with E-state index in [1.165, 1.54) is 30.7 Å². The highest BCUT2D eigenvalue weighted by Crippen LogP contribution is 2.44. The van der Waals surface area contributed by atoms with Crippen LogP contribution in [-0.2, 0) is 15.6 Å². The van der Waals surface area contributed by atoms with Crippen molar-refractivity contribution in [2.24, 2.45) is 5.92 Å². The van der Waals surface area contributed by atoms with Crippen LogP contribution in [0.4, 0.5) is 23.2 Å². The second-order valence-corrected chi connectivity index (χ2v) is 11.7. The molecule has 0 bridgehead atoms. The first-order valence-corrected chi connectivity index (χ1v) is 13.4. The maximum atomic E-state index is 15.2. The van der Waals surface area contributed by atoms with E-state index >= 15 is 4.39 Å². The molecule has 4 rings (SSSR count). The fourth-order valence-corrected chi connectivity index (χ4v) is 6.43. The van der Waals surface area contributed by atoms with E-state index in [0.29, 0.717) is 11.3 Å². The van der Waals surface area contributed by atoms with E-state index in [9.17, 15) is 21.6 Å². The maximum Gasteiger partial charge on any atom is 0.391 e. The Kier molecular flexibility index (Phi) is 7.38. The summed E-state index contributed by atoms with van der Waals surface area (Å²) in [5.74, 6) is -2.62. The Hall–Kier alpha value is -2.27. The van der Waals surface area contributed by atoms with Crippen molar-refractivity contribution in [3.8, 4) is 0 Å². The zero-order valence-corrected chi connectivity index (χ0v) is 20.5. The number of sulfone groups is 1. The van der Waals surface area contributed by atoms with Gasteiger partial charge in [-0.3, -0.25) is 0 Å². The average Bonchev–Trinajstić information content (AvgIpc) is 2.73. The van der Waals surface area contributed by atoms with Crippen LogP contribution in [0.2, 0.25) is 0 Å². The van der Waals surface area contributed by atoms with Crippen LogP contribution in [-0.4, -0.2) is 55.6 Å². The molecular formula is C24H30F4N4O2S. The molecule has 3 atom stereocenters. The first kappa shape index (κ1) is 25.8. The van der Waals surface area contributed by atoms with Crippen molar-refractivity contribution < 1.29 is 26.0 Å². The molecule has 2 saturated carbocycles. The van der Waals surface area contributed by atoms with Crippen LogP contribution < -0.4 is 5.32 Å². The molecule has 0 saturated heterocycles. The number of alkyl halides is 3. The summed E-state index contributed by atoms with van der Waals surface area (Å²) in [7, 11) is -0.519. The van der Waals surface area contributed by atoms with E-state index in [1.54, 1.807) is 19.0 Å². The molecule has 1 aromatic heterocycles. The number of aromatic nitrogens is 2. The summed E-state index contributed by atoms with van der Waals surface area (Å²) in [4.78, 5) is 9.10. The number of anilines is 1. The SMILES string of the molecule is CN(C)[C@H]1C[C@@H](C(F)(F)F)CC[C@@H]1Nc1cc(F)c(S(=O)(=O)Cc2ccncn2)cc1C1CCC1. The number of hydrogen-bond donors (Lipinski definition) is 1. The van der Waals surface area contributed by atoms with Gasteiger partial charge in [-0.15, -0.1) is 0 Å². The van der Waals surface area contributed by atoms with Gasteiger partial charge in [0.1, 0.15) is 17.0 Å². The molecule has 2 aliphatic rings.